The van der Waals surface area contributed by atoms with Crippen molar-refractivity contribution in [2.75, 3.05) is 5.75 Å². The minimum absolute atomic E-state index is 0.293. The molecule has 2 aromatic heterocycles. The highest BCUT2D eigenvalue weighted by Gasteiger charge is 2.32. The first-order valence-electron chi connectivity index (χ1n) is 10.1. The van der Waals surface area contributed by atoms with Gasteiger partial charge < -0.3 is 4.90 Å². The van der Waals surface area contributed by atoms with Crippen LogP contribution in [-0.4, -0.2) is 43.2 Å². The van der Waals surface area contributed by atoms with Gasteiger partial charge in [0.25, 0.3) is 0 Å². The van der Waals surface area contributed by atoms with E-state index < -0.39 is 0 Å². The average molecular weight is 373 g/mol. The highest BCUT2D eigenvalue weighted by molar-refractivity contribution is 7.99. The zero-order chi connectivity index (χ0) is 17.8. The van der Waals surface area contributed by atoms with E-state index in [9.17, 15) is 4.79 Å². The number of carbonyl (C=O) groups is 1. The lowest BCUT2D eigenvalue weighted by molar-refractivity contribution is -0.135. The van der Waals surface area contributed by atoms with Crippen LogP contribution in [0.4, 0.5) is 0 Å². The third-order valence-corrected chi connectivity index (χ3v) is 6.76. The van der Waals surface area contributed by atoms with Crippen molar-refractivity contribution >= 4 is 23.3 Å². The fraction of sp³-hybridized carbons (Fsp3) is 0.650. The first-order chi connectivity index (χ1) is 12.8. The predicted octanol–water partition coefficient (Wildman–Crippen LogP) is 4.32. The number of hydrogen-bond donors (Lipinski definition) is 0. The van der Waals surface area contributed by atoms with E-state index in [0.29, 0.717) is 23.7 Å². The predicted molar refractivity (Wildman–Crippen MR) is 104 cm³/mol. The van der Waals surface area contributed by atoms with Gasteiger partial charge in [-0.2, -0.15) is 0 Å². The fourth-order valence-electron chi connectivity index (χ4n) is 4.54. The van der Waals surface area contributed by atoms with Gasteiger partial charge in [-0.3, -0.25) is 9.20 Å². The van der Waals surface area contributed by atoms with Gasteiger partial charge in [-0.1, -0.05) is 56.4 Å². The van der Waals surface area contributed by atoms with E-state index in [2.05, 4.69) is 15.1 Å². The van der Waals surface area contributed by atoms with Crippen LogP contribution in [0.5, 0.6) is 0 Å². The second-order valence-electron chi connectivity index (χ2n) is 7.58. The molecule has 2 aliphatic carbocycles. The smallest absolute Gasteiger partial charge is 0.233 e. The van der Waals surface area contributed by atoms with Crippen LogP contribution in [0.2, 0.25) is 0 Å². The van der Waals surface area contributed by atoms with E-state index in [1.165, 1.54) is 76.0 Å². The topological polar surface area (TPSA) is 50.5 Å². The van der Waals surface area contributed by atoms with Crippen LogP contribution in [-0.2, 0) is 4.79 Å². The molecule has 5 nitrogen and oxygen atoms in total. The molecule has 1 amide bonds. The number of nitrogens with zero attached hydrogens (tertiary/aromatic N) is 4. The Kier molecular flexibility index (Phi) is 5.78. The van der Waals surface area contributed by atoms with E-state index in [1.54, 1.807) is 0 Å². The van der Waals surface area contributed by atoms with Gasteiger partial charge in [0.2, 0.25) is 5.91 Å². The maximum atomic E-state index is 13.2. The van der Waals surface area contributed by atoms with E-state index >= 15 is 0 Å². The third kappa shape index (κ3) is 3.90. The standard InChI is InChI=1S/C20H28N4OS/c25-19(15-26-20-22-21-18-13-7-8-14-23(18)20)24(16-9-3-1-4-10-16)17-11-5-2-6-12-17/h7-8,13-14,16-17H,1-6,9-12,15H2. The SMILES string of the molecule is O=C(CSc1nnc2ccccn12)N(C1CCCCC1)C1CCCCC1. The summed E-state index contributed by atoms with van der Waals surface area (Å²) in [5.74, 6) is 0.754. The number of pyridine rings is 1. The van der Waals surface area contributed by atoms with E-state index in [0.717, 1.165) is 10.8 Å². The van der Waals surface area contributed by atoms with Gasteiger partial charge in [0.15, 0.2) is 10.8 Å². The lowest BCUT2D eigenvalue weighted by Gasteiger charge is -2.41. The number of amides is 1. The van der Waals surface area contributed by atoms with Crippen molar-refractivity contribution in [2.45, 2.75) is 81.4 Å². The second-order valence-corrected chi connectivity index (χ2v) is 8.53. The number of thioether (sulfide) groups is 1. The zero-order valence-electron chi connectivity index (χ0n) is 15.3. The molecule has 140 valence electrons. The fourth-order valence-corrected chi connectivity index (χ4v) is 5.34. The molecule has 26 heavy (non-hydrogen) atoms. The summed E-state index contributed by atoms with van der Waals surface area (Å²) in [6, 6.07) is 6.77. The van der Waals surface area contributed by atoms with Crippen molar-refractivity contribution in [3.05, 3.63) is 24.4 Å². The molecule has 6 heteroatoms. The Morgan fingerprint density at radius 1 is 1.00 bits per heavy atom. The normalized spacial score (nSPS) is 19.7. The van der Waals surface area contributed by atoms with Crippen molar-refractivity contribution in [1.82, 2.24) is 19.5 Å². The Morgan fingerprint density at radius 2 is 1.65 bits per heavy atom. The monoisotopic (exact) mass is 372 g/mol. The van der Waals surface area contributed by atoms with Crippen molar-refractivity contribution in [2.24, 2.45) is 0 Å². The maximum absolute atomic E-state index is 13.2. The molecule has 0 saturated heterocycles. The Morgan fingerprint density at radius 3 is 2.31 bits per heavy atom. The summed E-state index contributed by atoms with van der Waals surface area (Å²) in [6.45, 7) is 0. The largest absolute Gasteiger partial charge is 0.336 e. The molecule has 0 unspecified atom stereocenters. The quantitative estimate of drug-likeness (QED) is 0.734. The molecule has 2 heterocycles. The Hall–Kier alpha value is -1.56. The second kappa shape index (κ2) is 8.42. The van der Waals surface area contributed by atoms with Gasteiger partial charge in [0, 0.05) is 18.3 Å². The highest BCUT2D eigenvalue weighted by atomic mass is 32.2. The molecular weight excluding hydrogens is 344 g/mol. The Bertz CT molecular complexity index is 716. The molecule has 0 atom stereocenters. The van der Waals surface area contributed by atoms with Crippen molar-refractivity contribution in [3.8, 4) is 0 Å². The lowest BCUT2D eigenvalue weighted by Crippen LogP contribution is -2.49. The number of hydrogen-bond acceptors (Lipinski definition) is 4. The molecule has 4 rings (SSSR count). The van der Waals surface area contributed by atoms with Gasteiger partial charge in [-0.15, -0.1) is 10.2 Å². The molecule has 2 aliphatic rings. The number of rotatable bonds is 5. The van der Waals surface area contributed by atoms with Gasteiger partial charge in [0.1, 0.15) is 0 Å². The molecule has 0 aromatic carbocycles. The molecule has 0 radical (unpaired) electrons. The molecule has 2 saturated carbocycles. The van der Waals surface area contributed by atoms with Crippen LogP contribution < -0.4 is 0 Å². The molecule has 0 aliphatic heterocycles. The van der Waals surface area contributed by atoms with Crippen molar-refractivity contribution in [3.63, 3.8) is 0 Å². The van der Waals surface area contributed by atoms with Gasteiger partial charge in [-0.25, -0.2) is 0 Å². The van der Waals surface area contributed by atoms with Crippen LogP contribution in [0.3, 0.4) is 0 Å². The molecule has 0 bridgehead atoms. The summed E-state index contributed by atoms with van der Waals surface area (Å²) >= 11 is 1.52. The van der Waals surface area contributed by atoms with Gasteiger partial charge >= 0.3 is 0 Å². The van der Waals surface area contributed by atoms with Crippen LogP contribution in [0.25, 0.3) is 5.65 Å². The number of carbonyl (C=O) groups excluding carboxylic acids is 1. The summed E-state index contributed by atoms with van der Waals surface area (Å²) in [4.78, 5) is 15.5. The van der Waals surface area contributed by atoms with Crippen LogP contribution in [0.15, 0.2) is 29.6 Å². The van der Waals surface area contributed by atoms with E-state index in [-0.39, 0.29) is 0 Å². The first-order valence-corrected chi connectivity index (χ1v) is 11.1. The highest BCUT2D eigenvalue weighted by Crippen LogP contribution is 2.31. The molecule has 2 fully saturated rings. The summed E-state index contributed by atoms with van der Waals surface area (Å²) in [5, 5.41) is 9.25. The maximum Gasteiger partial charge on any atom is 0.233 e. The first kappa shape index (κ1) is 17.8. The van der Waals surface area contributed by atoms with Gasteiger partial charge in [0.05, 0.1) is 5.75 Å². The van der Waals surface area contributed by atoms with E-state index in [1.807, 2.05) is 28.8 Å². The minimum atomic E-state index is 0.293. The summed E-state index contributed by atoms with van der Waals surface area (Å²) in [5.41, 5.74) is 0.832. The van der Waals surface area contributed by atoms with E-state index in [4.69, 9.17) is 0 Å². The molecule has 0 N–H and O–H groups in total. The third-order valence-electron chi connectivity index (χ3n) is 5.83. The summed E-state index contributed by atoms with van der Waals surface area (Å²) in [7, 11) is 0. The average Bonchev–Trinajstić information content (AvgIpc) is 3.11. The number of fused-ring (bicyclic) bond motifs is 1. The van der Waals surface area contributed by atoms with Crippen LogP contribution in [0, 0.1) is 0 Å². The summed E-state index contributed by atoms with van der Waals surface area (Å²) < 4.78 is 1.96. The Balaban J connectivity index is 1.46. The molecular formula is C20H28N4OS. The number of aromatic nitrogens is 3. The Labute approximate surface area is 159 Å². The summed E-state index contributed by atoms with van der Waals surface area (Å²) in [6.07, 6.45) is 14.4. The lowest BCUT2D eigenvalue weighted by atomic mass is 9.88. The minimum Gasteiger partial charge on any atom is -0.336 e. The zero-order valence-corrected chi connectivity index (χ0v) is 16.2. The van der Waals surface area contributed by atoms with Crippen molar-refractivity contribution in [1.29, 1.82) is 0 Å². The van der Waals surface area contributed by atoms with Gasteiger partial charge in [-0.05, 0) is 37.8 Å². The van der Waals surface area contributed by atoms with Crippen LogP contribution in [0.1, 0.15) is 64.2 Å². The van der Waals surface area contributed by atoms with Crippen molar-refractivity contribution < 1.29 is 4.79 Å². The molecule has 2 aromatic rings. The molecule has 0 spiro atoms. The van der Waals surface area contributed by atoms with Crippen LogP contribution >= 0.6 is 11.8 Å².